The van der Waals surface area contributed by atoms with Crippen LogP contribution in [-0.4, -0.2) is 108 Å². The molecule has 0 saturated carbocycles. The zero-order chi connectivity index (χ0) is 45.3. The third-order valence-electron chi connectivity index (χ3n) is 12.1. The fourth-order valence-corrected chi connectivity index (χ4v) is 8.47. The summed E-state index contributed by atoms with van der Waals surface area (Å²) >= 11 is 0. The Morgan fingerprint density at radius 3 is 1.25 bits per heavy atom. The highest BCUT2D eigenvalue weighted by molar-refractivity contribution is 6.02. The molecule has 4 N–H and O–H groups in total. The molecule has 4 aromatic carbocycles. The normalized spacial score (nSPS) is 15.9. The van der Waals surface area contributed by atoms with Crippen molar-refractivity contribution >= 4 is 35.6 Å². The second-order valence-electron chi connectivity index (χ2n) is 16.3. The number of nitrogens with zero attached hydrogens (tertiary/aromatic N) is 4. The summed E-state index contributed by atoms with van der Waals surface area (Å²) in [6.45, 7) is 6.36. The van der Waals surface area contributed by atoms with E-state index < -0.39 is 35.8 Å². The Morgan fingerprint density at radius 2 is 0.906 bits per heavy atom. The molecule has 1 unspecified atom stereocenters. The van der Waals surface area contributed by atoms with Crippen LogP contribution in [0.2, 0.25) is 0 Å². The number of hydrogen-bond acceptors (Lipinski definition) is 12. The molecule has 16 nitrogen and oxygen atoms in total. The van der Waals surface area contributed by atoms with E-state index in [2.05, 4.69) is 58.3 Å². The summed E-state index contributed by atoms with van der Waals surface area (Å²) in [4.78, 5) is 82.2. The molecule has 64 heavy (non-hydrogen) atoms. The summed E-state index contributed by atoms with van der Waals surface area (Å²) in [5, 5.41) is 0. The monoisotopic (exact) mass is 874 g/mol. The molecule has 0 radical (unpaired) electrons. The van der Waals surface area contributed by atoms with Crippen molar-refractivity contribution in [2.24, 2.45) is 11.5 Å². The average molecular weight is 875 g/mol. The molecule has 336 valence electrons. The fraction of sp³-hybridized carbons (Fsp3) is 0.375. The van der Waals surface area contributed by atoms with Gasteiger partial charge in [0.1, 0.15) is 36.8 Å². The first-order chi connectivity index (χ1) is 30.9. The number of methoxy groups -OCH3 is 2. The van der Waals surface area contributed by atoms with Crippen LogP contribution in [0, 0.1) is 0 Å². The molecular weight excluding hydrogens is 821 g/mol. The molecule has 16 heteroatoms. The second-order valence-corrected chi connectivity index (χ2v) is 16.3. The second kappa shape index (κ2) is 20.6. The van der Waals surface area contributed by atoms with E-state index in [1.807, 2.05) is 12.1 Å². The molecule has 0 aliphatic carbocycles. The zero-order valence-corrected chi connectivity index (χ0v) is 36.2. The van der Waals surface area contributed by atoms with Gasteiger partial charge < -0.3 is 40.2 Å². The number of benzene rings is 4. The van der Waals surface area contributed by atoms with Gasteiger partial charge in [-0.15, -0.1) is 0 Å². The first-order valence-electron chi connectivity index (χ1n) is 21.4. The van der Waals surface area contributed by atoms with Crippen LogP contribution in [-0.2, 0) is 68.0 Å². The summed E-state index contributed by atoms with van der Waals surface area (Å²) in [6.07, 6.45) is 0.0864. The van der Waals surface area contributed by atoms with Crippen LogP contribution in [0.1, 0.15) is 79.8 Å². The van der Waals surface area contributed by atoms with Crippen LogP contribution in [0.4, 0.5) is 0 Å². The minimum absolute atomic E-state index is 0.0328. The van der Waals surface area contributed by atoms with Gasteiger partial charge in [-0.25, -0.2) is 0 Å². The van der Waals surface area contributed by atoms with Gasteiger partial charge >= 0.3 is 11.9 Å². The highest BCUT2D eigenvalue weighted by Crippen LogP contribution is 2.35. The Kier molecular flexibility index (Phi) is 14.6. The number of nitrogens with two attached hydrogens (primary N) is 2. The molecule has 3 aliphatic heterocycles. The predicted octanol–water partition coefficient (Wildman–Crippen LogP) is 3.69. The molecular formula is C48H54N6O10. The van der Waals surface area contributed by atoms with Gasteiger partial charge in [-0.1, -0.05) is 60.7 Å². The van der Waals surface area contributed by atoms with Gasteiger partial charge in [-0.3, -0.25) is 38.6 Å². The van der Waals surface area contributed by atoms with Crippen LogP contribution in [0.15, 0.2) is 84.9 Å². The maximum atomic E-state index is 13.3. The summed E-state index contributed by atoms with van der Waals surface area (Å²) < 4.78 is 21.8. The van der Waals surface area contributed by atoms with Gasteiger partial charge in [0.05, 0.1) is 27.3 Å². The van der Waals surface area contributed by atoms with Crippen LogP contribution in [0.25, 0.3) is 0 Å². The van der Waals surface area contributed by atoms with Gasteiger partial charge in [0.15, 0.2) is 0 Å². The number of hydrogen-bond donors (Lipinski definition) is 2. The van der Waals surface area contributed by atoms with Crippen molar-refractivity contribution in [3.8, 4) is 11.5 Å². The topological polar surface area (TPSA) is 204 Å². The van der Waals surface area contributed by atoms with Gasteiger partial charge in [0, 0.05) is 74.4 Å². The lowest BCUT2D eigenvalue weighted by Gasteiger charge is -2.34. The SMILES string of the molecule is COC(=O)CCC(C(N)=O)N1Cc2c(OCc3ccc(CN4CCN(Cc5ccc(COc6cccc7c6CN([C@@H](CCC(=O)OC)C(N)=O)C7=O)cc5)CC4)cc3)cccc2C1=O. The largest absolute Gasteiger partial charge is 0.489 e. The molecule has 2 atom stereocenters. The third kappa shape index (κ3) is 10.7. The van der Waals surface area contributed by atoms with Crippen LogP contribution < -0.4 is 20.9 Å². The van der Waals surface area contributed by atoms with E-state index in [-0.39, 0.29) is 50.6 Å². The molecule has 0 spiro atoms. The maximum absolute atomic E-state index is 13.3. The molecule has 4 aromatic rings. The van der Waals surface area contributed by atoms with Crippen molar-refractivity contribution in [1.29, 1.82) is 0 Å². The number of carbonyl (C=O) groups excluding carboxylic acids is 6. The molecule has 7 rings (SSSR count). The van der Waals surface area contributed by atoms with Gasteiger partial charge in [0.2, 0.25) is 11.8 Å². The fourth-order valence-electron chi connectivity index (χ4n) is 8.47. The Morgan fingerprint density at radius 1 is 0.547 bits per heavy atom. The summed E-state index contributed by atoms with van der Waals surface area (Å²) in [5.74, 6) is -1.85. The van der Waals surface area contributed by atoms with Crippen molar-refractivity contribution in [3.05, 3.63) is 129 Å². The van der Waals surface area contributed by atoms with Gasteiger partial charge in [-0.2, -0.15) is 0 Å². The lowest BCUT2D eigenvalue weighted by Crippen LogP contribution is -2.45. The molecule has 0 aromatic heterocycles. The number of fused-ring (bicyclic) bond motifs is 2. The van der Waals surface area contributed by atoms with E-state index in [0.29, 0.717) is 47.0 Å². The van der Waals surface area contributed by atoms with Gasteiger partial charge in [0.25, 0.3) is 11.8 Å². The van der Waals surface area contributed by atoms with Crippen molar-refractivity contribution in [2.45, 2.75) is 77.2 Å². The van der Waals surface area contributed by atoms with Crippen molar-refractivity contribution in [2.75, 3.05) is 40.4 Å². The molecule has 0 bridgehead atoms. The maximum Gasteiger partial charge on any atom is 0.305 e. The van der Waals surface area contributed by atoms with Crippen molar-refractivity contribution in [1.82, 2.24) is 19.6 Å². The number of amides is 4. The highest BCUT2D eigenvalue weighted by atomic mass is 16.5. The van der Waals surface area contributed by atoms with Crippen molar-refractivity contribution < 1.29 is 47.7 Å². The third-order valence-corrected chi connectivity index (χ3v) is 12.1. The van der Waals surface area contributed by atoms with E-state index in [4.69, 9.17) is 30.4 Å². The van der Waals surface area contributed by atoms with E-state index >= 15 is 0 Å². The smallest absolute Gasteiger partial charge is 0.305 e. The van der Waals surface area contributed by atoms with E-state index in [0.717, 1.165) is 50.4 Å². The Balaban J connectivity index is 0.844. The molecule has 1 fully saturated rings. The standard InChI is InChI=1S/C48H54N6O10/c1-61-43(55)19-17-39(45(49)57)53-27-37-35(47(53)59)5-3-7-41(37)63-29-33-13-9-31(10-14-33)25-51-21-23-52(24-22-51)26-32-11-15-34(16-12-32)30-64-42-8-4-6-36-38(42)28-54(48(36)60)40(46(50)58)18-20-44(56)62-2/h3-16,39-40H,17-30H2,1-2H3,(H2,49,57)(H2,50,58)/t39-,40?/m0/s1. The Labute approximate surface area is 371 Å². The lowest BCUT2D eigenvalue weighted by atomic mass is 10.1. The summed E-state index contributed by atoms with van der Waals surface area (Å²) in [5.41, 5.74) is 17.9. The highest BCUT2D eigenvalue weighted by Gasteiger charge is 2.39. The quantitative estimate of drug-likeness (QED) is 0.122. The number of rotatable bonds is 20. The molecule has 4 amide bonds. The van der Waals surface area contributed by atoms with Crippen LogP contribution in [0.3, 0.4) is 0 Å². The summed E-state index contributed by atoms with van der Waals surface area (Å²) in [7, 11) is 2.54. The molecule has 3 heterocycles. The molecule has 1 saturated heterocycles. The first-order valence-corrected chi connectivity index (χ1v) is 21.4. The predicted molar refractivity (Wildman–Crippen MR) is 233 cm³/mol. The number of primary amides is 2. The first kappa shape index (κ1) is 45.3. The molecule has 3 aliphatic rings. The number of ether oxygens (including phenoxy) is 4. The van der Waals surface area contributed by atoms with E-state index in [9.17, 15) is 28.8 Å². The van der Waals surface area contributed by atoms with E-state index in [1.54, 1.807) is 24.3 Å². The Bertz CT molecular complexity index is 2200. The van der Waals surface area contributed by atoms with Gasteiger partial charge in [-0.05, 0) is 59.4 Å². The average Bonchev–Trinajstić information content (AvgIpc) is 3.82. The minimum Gasteiger partial charge on any atom is -0.489 e. The van der Waals surface area contributed by atoms with E-state index in [1.165, 1.54) is 35.1 Å². The lowest BCUT2D eigenvalue weighted by molar-refractivity contribution is -0.142. The van der Waals surface area contributed by atoms with Crippen molar-refractivity contribution in [3.63, 3.8) is 0 Å². The van der Waals surface area contributed by atoms with Crippen LogP contribution >= 0.6 is 0 Å². The number of carbonyl (C=O) groups is 6. The number of esters is 2. The van der Waals surface area contributed by atoms with Crippen LogP contribution in [0.5, 0.6) is 11.5 Å². The summed E-state index contributed by atoms with van der Waals surface area (Å²) in [6, 6.07) is 25.3. The Hall–Kier alpha value is -6.78. The zero-order valence-electron chi connectivity index (χ0n) is 36.2. The number of piperazine rings is 1. The minimum atomic E-state index is -0.942.